The fourth-order valence-electron chi connectivity index (χ4n) is 2.77. The summed E-state index contributed by atoms with van der Waals surface area (Å²) in [6.45, 7) is 0.300. The molecule has 3 aromatic rings. The number of hydrogen-bond donors (Lipinski definition) is 6. The number of anilines is 3. The van der Waals surface area contributed by atoms with Crippen molar-refractivity contribution in [3.8, 4) is 0 Å². The minimum absolute atomic E-state index is 0.0101. The van der Waals surface area contributed by atoms with E-state index in [1.54, 1.807) is 12.1 Å². The molecule has 17 heteroatoms. The van der Waals surface area contributed by atoms with Crippen molar-refractivity contribution in [2.24, 2.45) is 0 Å². The summed E-state index contributed by atoms with van der Waals surface area (Å²) < 4.78 is 0. The number of carbonyl (C=O) groups excluding carboxylic acids is 1. The van der Waals surface area contributed by atoms with Crippen LogP contribution >= 0.6 is 28.3 Å². The first-order valence-electron chi connectivity index (χ1n) is 9.73. The van der Waals surface area contributed by atoms with Crippen molar-refractivity contribution in [3.63, 3.8) is 0 Å². The van der Waals surface area contributed by atoms with Gasteiger partial charge in [0.1, 0.15) is 6.04 Å². The molecule has 0 aliphatic carbocycles. The average Bonchev–Trinajstić information content (AvgIpc) is 2.80. The van der Waals surface area contributed by atoms with Crippen LogP contribution < -0.4 is 22.1 Å². The van der Waals surface area contributed by atoms with E-state index in [2.05, 4.69) is 30.6 Å². The van der Waals surface area contributed by atoms with Crippen LogP contribution in [0.5, 0.6) is 0 Å². The molecule has 1 aromatic carbocycles. The third-order valence-electron chi connectivity index (χ3n) is 4.37. The monoisotopic (exact) mass is 740 g/mol. The number of nitrogen functional groups attached to an aromatic ring is 2. The molecular formula is C19H20Cl3N8O5Pt. The molecule has 1 amide bonds. The Balaban J connectivity index is 0.00000106. The van der Waals surface area contributed by atoms with E-state index in [1.807, 2.05) is 0 Å². The molecular weight excluding hydrogens is 722 g/mol. The first kappa shape index (κ1) is 29.2. The summed E-state index contributed by atoms with van der Waals surface area (Å²) >= 11 is -1.85. The van der Waals surface area contributed by atoms with Crippen LogP contribution in [-0.4, -0.2) is 54.0 Å². The second-order valence-corrected chi connectivity index (χ2v) is 16.7. The SMILES string of the molecule is Nc1nc(N)c2nc(CNc3ccc(C(=O)NC(CCC(=O)O)C(=O)O)cc3)cnc2n1.[Cl][Pt]([Cl])[Cl]. The number of nitrogens with one attached hydrogen (secondary N) is 2. The van der Waals surface area contributed by atoms with Gasteiger partial charge in [0, 0.05) is 17.7 Å². The number of carbonyl (C=O) groups is 3. The molecule has 1 unspecified atom stereocenters. The van der Waals surface area contributed by atoms with Crippen molar-refractivity contribution in [2.45, 2.75) is 25.4 Å². The van der Waals surface area contributed by atoms with E-state index >= 15 is 0 Å². The molecule has 36 heavy (non-hydrogen) atoms. The van der Waals surface area contributed by atoms with Gasteiger partial charge >= 0.3 is 54.4 Å². The van der Waals surface area contributed by atoms with Crippen LogP contribution in [0.15, 0.2) is 30.5 Å². The average molecular weight is 742 g/mol. The summed E-state index contributed by atoms with van der Waals surface area (Å²) in [5.41, 5.74) is 13.4. The minimum atomic E-state index is -1.85. The van der Waals surface area contributed by atoms with E-state index in [9.17, 15) is 14.4 Å². The van der Waals surface area contributed by atoms with Crippen LogP contribution in [0.3, 0.4) is 0 Å². The van der Waals surface area contributed by atoms with Gasteiger partial charge in [-0.25, -0.2) is 14.8 Å². The third-order valence-corrected chi connectivity index (χ3v) is 4.37. The number of hydrogen-bond acceptors (Lipinski definition) is 10. The van der Waals surface area contributed by atoms with Gasteiger partial charge < -0.3 is 32.3 Å². The molecule has 1 atom stereocenters. The molecule has 0 saturated heterocycles. The van der Waals surface area contributed by atoms with E-state index in [0.29, 0.717) is 23.4 Å². The summed E-state index contributed by atoms with van der Waals surface area (Å²) in [6, 6.07) is 4.99. The van der Waals surface area contributed by atoms with Crippen molar-refractivity contribution in [2.75, 3.05) is 16.8 Å². The van der Waals surface area contributed by atoms with Crippen molar-refractivity contribution in [1.82, 2.24) is 25.3 Å². The first-order valence-corrected chi connectivity index (χ1v) is 18.2. The van der Waals surface area contributed by atoms with Gasteiger partial charge in [-0.05, 0) is 30.7 Å². The number of aromatic nitrogens is 4. The fourth-order valence-corrected chi connectivity index (χ4v) is 2.77. The van der Waals surface area contributed by atoms with Gasteiger partial charge in [-0.3, -0.25) is 9.59 Å². The molecule has 2 heterocycles. The molecule has 2 aromatic heterocycles. The maximum atomic E-state index is 12.3. The number of fused-ring (bicyclic) bond motifs is 1. The van der Waals surface area contributed by atoms with Crippen LogP contribution in [0, 0.1) is 0 Å². The molecule has 0 saturated carbocycles. The van der Waals surface area contributed by atoms with Crippen LogP contribution in [0.2, 0.25) is 0 Å². The first-order chi connectivity index (χ1) is 17.0. The number of nitrogens with zero attached hydrogens (tertiary/aromatic N) is 4. The predicted octanol–water partition coefficient (Wildman–Crippen LogP) is 2.31. The molecule has 3 rings (SSSR count). The van der Waals surface area contributed by atoms with Gasteiger partial charge in [0.25, 0.3) is 5.91 Å². The Morgan fingerprint density at radius 3 is 2.25 bits per heavy atom. The van der Waals surface area contributed by atoms with Crippen LogP contribution in [-0.2, 0) is 30.3 Å². The fraction of sp³-hybridized carbons (Fsp3) is 0.211. The van der Waals surface area contributed by atoms with Crippen molar-refractivity contribution in [1.29, 1.82) is 0 Å². The normalized spacial score (nSPS) is 11.6. The standard InChI is InChI=1S/C19H20N8O5.3ClH.Pt/c20-15-14-16(27-19(21)26-15)23-8-11(24-14)7-22-10-3-1-9(2-4-10)17(30)25-12(18(31)32)5-6-13(28)29;;;;/h1-4,8,12,22H,5-7H2,(H,25,30)(H,28,29)(H,31,32)(H4,20,21,23,26,27);3*1H;/q;;;;+3/p-3. The second kappa shape index (κ2) is 13.9. The Labute approximate surface area is 221 Å². The molecule has 0 radical (unpaired) electrons. The van der Waals surface area contributed by atoms with E-state index in [0.717, 1.165) is 0 Å². The Morgan fingerprint density at radius 1 is 1.03 bits per heavy atom. The van der Waals surface area contributed by atoms with Crippen LogP contribution in [0.4, 0.5) is 17.5 Å². The zero-order chi connectivity index (χ0) is 26.8. The maximum absolute atomic E-state index is 12.3. The molecule has 0 spiro atoms. The number of aliphatic carboxylic acids is 2. The van der Waals surface area contributed by atoms with Crippen LogP contribution in [0.1, 0.15) is 28.9 Å². The molecule has 197 valence electrons. The zero-order valence-electron chi connectivity index (χ0n) is 18.1. The number of carboxylic acid groups (broad SMARTS) is 2. The van der Waals surface area contributed by atoms with Crippen molar-refractivity contribution >= 4 is 74.7 Å². The molecule has 8 N–H and O–H groups in total. The van der Waals surface area contributed by atoms with Gasteiger partial charge in [-0.15, -0.1) is 0 Å². The van der Waals surface area contributed by atoms with Gasteiger partial charge in [0.2, 0.25) is 5.95 Å². The van der Waals surface area contributed by atoms with E-state index in [-0.39, 0.29) is 35.8 Å². The van der Waals surface area contributed by atoms with Gasteiger partial charge in [-0.2, -0.15) is 9.97 Å². The molecule has 0 bridgehead atoms. The van der Waals surface area contributed by atoms with Crippen LogP contribution in [0.25, 0.3) is 11.2 Å². The van der Waals surface area contributed by atoms with Crippen molar-refractivity contribution in [3.05, 3.63) is 41.7 Å². The summed E-state index contributed by atoms with van der Waals surface area (Å²) in [4.78, 5) is 50.5. The summed E-state index contributed by atoms with van der Waals surface area (Å²) in [5.74, 6) is -2.93. The predicted molar refractivity (Wildman–Crippen MR) is 131 cm³/mol. The quantitative estimate of drug-likeness (QED) is 0.186. The Hall–Kier alpha value is -2.99. The third kappa shape index (κ3) is 9.57. The number of benzene rings is 1. The molecule has 0 fully saturated rings. The number of amides is 1. The Morgan fingerprint density at radius 2 is 1.67 bits per heavy atom. The number of nitrogens with two attached hydrogens (primary N) is 2. The number of rotatable bonds is 9. The number of carboxylic acids is 2. The van der Waals surface area contributed by atoms with Gasteiger partial charge in [0.15, 0.2) is 17.0 Å². The van der Waals surface area contributed by atoms with E-state index < -0.39 is 38.1 Å². The summed E-state index contributed by atoms with van der Waals surface area (Å²) in [5, 5.41) is 23.3. The molecule has 0 aliphatic rings. The van der Waals surface area contributed by atoms with Gasteiger partial charge in [-0.1, -0.05) is 0 Å². The summed E-state index contributed by atoms with van der Waals surface area (Å²) in [7, 11) is 14.9. The van der Waals surface area contributed by atoms with E-state index in [4.69, 9.17) is 49.9 Å². The Bertz CT molecular complexity index is 1230. The van der Waals surface area contributed by atoms with Crippen molar-refractivity contribution < 1.29 is 38.8 Å². The van der Waals surface area contributed by atoms with Gasteiger partial charge in [0.05, 0.1) is 18.4 Å². The summed E-state index contributed by atoms with van der Waals surface area (Å²) in [6.07, 6.45) is 0.931. The second-order valence-electron chi connectivity index (χ2n) is 6.86. The molecule has 0 aliphatic heterocycles. The topological polar surface area (TPSA) is 219 Å². The zero-order valence-corrected chi connectivity index (χ0v) is 22.6. The van der Waals surface area contributed by atoms with E-state index in [1.165, 1.54) is 18.3 Å². The Kier molecular flexibility index (Phi) is 11.3. The molecule has 13 nitrogen and oxygen atoms in total. The number of halogens is 3.